The van der Waals surface area contributed by atoms with E-state index in [1.165, 1.54) is 7.11 Å². The number of rotatable bonds is 7. The van der Waals surface area contributed by atoms with Gasteiger partial charge in [-0.3, -0.25) is 9.59 Å². The number of aromatic hydroxyl groups is 1. The van der Waals surface area contributed by atoms with Crippen LogP contribution in [0.1, 0.15) is 34.9 Å². The fraction of sp³-hybridized carbons (Fsp3) is 0.348. The van der Waals surface area contributed by atoms with Gasteiger partial charge in [0.05, 0.1) is 25.4 Å². The normalized spacial score (nSPS) is 13.6. The van der Waals surface area contributed by atoms with Crippen LogP contribution >= 0.6 is 0 Å². The monoisotopic (exact) mass is 439 g/mol. The Kier molecular flexibility index (Phi) is 6.16. The van der Waals surface area contributed by atoms with Crippen molar-refractivity contribution >= 4 is 5.97 Å². The Balaban J connectivity index is 1.77. The second kappa shape index (κ2) is 9.17. The van der Waals surface area contributed by atoms with Crippen molar-refractivity contribution in [1.82, 2.24) is 14.5 Å². The van der Waals surface area contributed by atoms with Gasteiger partial charge in [0, 0.05) is 36.5 Å². The summed E-state index contributed by atoms with van der Waals surface area (Å²) < 4.78 is 17.7. The van der Waals surface area contributed by atoms with Gasteiger partial charge >= 0.3 is 5.97 Å². The number of hydrogen-bond acceptors (Lipinski definition) is 7. The molecule has 0 amide bonds. The zero-order chi connectivity index (χ0) is 22.7. The summed E-state index contributed by atoms with van der Waals surface area (Å²) >= 11 is 0. The lowest BCUT2D eigenvalue weighted by Crippen LogP contribution is -2.29. The topological polar surface area (TPSA) is 116 Å². The highest BCUT2D eigenvalue weighted by Crippen LogP contribution is 2.38. The first kappa shape index (κ1) is 21.5. The van der Waals surface area contributed by atoms with Crippen molar-refractivity contribution in [2.75, 3.05) is 20.3 Å². The highest BCUT2D eigenvalue weighted by atomic mass is 16.6. The van der Waals surface area contributed by atoms with Gasteiger partial charge in [0.15, 0.2) is 11.5 Å². The number of carbonyl (C=O) groups is 1. The Morgan fingerprint density at radius 3 is 2.78 bits per heavy atom. The largest absolute Gasteiger partial charge is 0.507 e. The van der Waals surface area contributed by atoms with E-state index in [2.05, 4.69) is 9.97 Å². The Bertz CT molecular complexity index is 1170. The van der Waals surface area contributed by atoms with E-state index in [9.17, 15) is 14.7 Å². The van der Waals surface area contributed by atoms with Crippen LogP contribution in [-0.4, -0.2) is 45.9 Å². The second-order valence-electron chi connectivity index (χ2n) is 7.60. The maximum Gasteiger partial charge on any atom is 0.306 e. The van der Waals surface area contributed by atoms with Crippen LogP contribution in [0, 0.1) is 6.92 Å². The number of ether oxygens (including phenoxy) is 3. The number of aromatic nitrogens is 3. The number of aryl methyl sites for hydroxylation is 2. The molecule has 32 heavy (non-hydrogen) atoms. The molecule has 0 spiro atoms. The van der Waals surface area contributed by atoms with Gasteiger partial charge in [-0.2, -0.15) is 0 Å². The molecule has 1 aromatic carbocycles. The third kappa shape index (κ3) is 4.32. The minimum absolute atomic E-state index is 0.109. The van der Waals surface area contributed by atoms with E-state index >= 15 is 0 Å². The van der Waals surface area contributed by atoms with Crippen molar-refractivity contribution in [3.63, 3.8) is 0 Å². The molecule has 168 valence electrons. The summed E-state index contributed by atoms with van der Waals surface area (Å²) in [5.74, 6) is -0.233. The maximum absolute atomic E-state index is 13.5. The first-order valence-corrected chi connectivity index (χ1v) is 10.3. The number of nitrogens with zero attached hydrogens (tertiary/aromatic N) is 2. The smallest absolute Gasteiger partial charge is 0.306 e. The highest BCUT2D eigenvalue weighted by Gasteiger charge is 2.28. The first-order chi connectivity index (χ1) is 15.5. The SMILES string of the molecule is COC(=O)C[C@@H](c1ccc2c(c1)OCCO2)c1c(O)cc(C)n(CCc2cnc[nH]2)c1=O. The fourth-order valence-corrected chi connectivity index (χ4v) is 3.94. The molecule has 1 atom stereocenters. The van der Waals surface area contributed by atoms with Crippen molar-refractivity contribution in [2.24, 2.45) is 0 Å². The van der Waals surface area contributed by atoms with Crippen LogP contribution in [0.5, 0.6) is 17.2 Å². The van der Waals surface area contributed by atoms with E-state index in [0.29, 0.717) is 48.9 Å². The van der Waals surface area contributed by atoms with Gasteiger partial charge in [-0.1, -0.05) is 6.07 Å². The van der Waals surface area contributed by atoms with Crippen LogP contribution < -0.4 is 15.0 Å². The van der Waals surface area contributed by atoms with Gasteiger partial charge < -0.3 is 28.9 Å². The van der Waals surface area contributed by atoms with Gasteiger partial charge in [-0.15, -0.1) is 0 Å². The third-order valence-corrected chi connectivity index (χ3v) is 5.60. The minimum atomic E-state index is -0.718. The molecule has 0 saturated carbocycles. The predicted molar refractivity (Wildman–Crippen MR) is 115 cm³/mol. The molecule has 0 saturated heterocycles. The number of imidazole rings is 1. The Morgan fingerprint density at radius 1 is 1.28 bits per heavy atom. The Labute approximate surface area is 184 Å². The molecule has 1 aliphatic heterocycles. The summed E-state index contributed by atoms with van der Waals surface area (Å²) in [6, 6.07) is 6.81. The lowest BCUT2D eigenvalue weighted by atomic mass is 9.88. The number of aromatic amines is 1. The number of nitrogens with one attached hydrogen (secondary N) is 1. The summed E-state index contributed by atoms with van der Waals surface area (Å²) in [5, 5.41) is 10.8. The van der Waals surface area contributed by atoms with E-state index in [-0.39, 0.29) is 23.3 Å². The first-order valence-electron chi connectivity index (χ1n) is 10.3. The second-order valence-corrected chi connectivity index (χ2v) is 7.60. The van der Waals surface area contributed by atoms with Crippen LogP contribution in [0.4, 0.5) is 0 Å². The summed E-state index contributed by atoms with van der Waals surface area (Å²) in [6.07, 6.45) is 3.75. The summed E-state index contributed by atoms with van der Waals surface area (Å²) in [6.45, 7) is 3.02. The average molecular weight is 439 g/mol. The third-order valence-electron chi connectivity index (χ3n) is 5.60. The molecule has 0 unspecified atom stereocenters. The number of fused-ring (bicyclic) bond motifs is 1. The van der Waals surface area contributed by atoms with Crippen molar-refractivity contribution in [1.29, 1.82) is 0 Å². The molecule has 9 heteroatoms. The number of esters is 1. The number of methoxy groups -OCH3 is 1. The van der Waals surface area contributed by atoms with Crippen LogP contribution in [0.2, 0.25) is 0 Å². The molecule has 4 rings (SSSR count). The van der Waals surface area contributed by atoms with Crippen LogP contribution in [0.25, 0.3) is 0 Å². The zero-order valence-electron chi connectivity index (χ0n) is 18.0. The van der Waals surface area contributed by atoms with Crippen LogP contribution in [0.3, 0.4) is 0 Å². The van der Waals surface area contributed by atoms with E-state index in [1.54, 1.807) is 48.3 Å². The van der Waals surface area contributed by atoms with Crippen molar-refractivity contribution in [2.45, 2.75) is 32.2 Å². The molecular weight excluding hydrogens is 414 g/mol. The molecule has 0 aliphatic carbocycles. The maximum atomic E-state index is 13.5. The summed E-state index contributed by atoms with van der Waals surface area (Å²) in [5.41, 5.74) is 1.95. The number of carbonyl (C=O) groups excluding carboxylic acids is 1. The molecule has 2 aromatic heterocycles. The van der Waals surface area contributed by atoms with Gasteiger partial charge in [-0.05, 0) is 30.7 Å². The minimum Gasteiger partial charge on any atom is -0.507 e. The van der Waals surface area contributed by atoms with Crippen molar-refractivity contribution in [3.8, 4) is 17.2 Å². The van der Waals surface area contributed by atoms with E-state index in [0.717, 1.165) is 5.69 Å². The number of hydrogen-bond donors (Lipinski definition) is 2. The number of benzene rings is 1. The Hall–Kier alpha value is -3.75. The van der Waals surface area contributed by atoms with Crippen LogP contribution in [0.15, 0.2) is 41.6 Å². The molecule has 9 nitrogen and oxygen atoms in total. The summed E-state index contributed by atoms with van der Waals surface area (Å²) in [7, 11) is 1.29. The van der Waals surface area contributed by atoms with Crippen LogP contribution in [-0.2, 0) is 22.5 Å². The van der Waals surface area contributed by atoms with E-state index in [1.807, 2.05) is 0 Å². The Morgan fingerprint density at radius 2 is 2.06 bits per heavy atom. The lowest BCUT2D eigenvalue weighted by molar-refractivity contribution is -0.140. The molecule has 3 heterocycles. The molecule has 0 radical (unpaired) electrons. The van der Waals surface area contributed by atoms with Crippen molar-refractivity contribution in [3.05, 3.63) is 69.7 Å². The van der Waals surface area contributed by atoms with Gasteiger partial charge in [0.25, 0.3) is 5.56 Å². The summed E-state index contributed by atoms with van der Waals surface area (Å²) in [4.78, 5) is 32.8. The number of pyridine rings is 1. The molecular formula is C23H25N3O6. The van der Waals surface area contributed by atoms with Gasteiger partial charge in [0.1, 0.15) is 19.0 Å². The standard InChI is InChI=1S/C23H25N3O6/c1-14-9-18(27)22(23(29)26(14)6-5-16-12-24-13-25-16)17(11-21(28)30-2)15-3-4-19-20(10-15)32-8-7-31-19/h3-4,9-10,12-13,17,27H,5-8,11H2,1-2H3,(H,24,25)/t17-/m0/s1. The molecule has 0 bridgehead atoms. The quantitative estimate of drug-likeness (QED) is 0.543. The number of H-pyrrole nitrogens is 1. The van der Waals surface area contributed by atoms with Gasteiger partial charge in [0.2, 0.25) is 0 Å². The van der Waals surface area contributed by atoms with E-state index < -0.39 is 11.9 Å². The molecule has 2 N–H and O–H groups in total. The van der Waals surface area contributed by atoms with Gasteiger partial charge in [-0.25, -0.2) is 4.98 Å². The average Bonchev–Trinajstić information content (AvgIpc) is 3.31. The lowest BCUT2D eigenvalue weighted by Gasteiger charge is -2.23. The zero-order valence-corrected chi connectivity index (χ0v) is 18.0. The predicted octanol–water partition coefficient (Wildman–Crippen LogP) is 2.29. The fourth-order valence-electron chi connectivity index (χ4n) is 3.94. The highest BCUT2D eigenvalue weighted by molar-refractivity contribution is 5.71. The molecule has 3 aromatic rings. The molecule has 1 aliphatic rings. The molecule has 0 fully saturated rings. The van der Waals surface area contributed by atoms with E-state index in [4.69, 9.17) is 14.2 Å². The van der Waals surface area contributed by atoms with Crippen molar-refractivity contribution < 1.29 is 24.1 Å².